The van der Waals surface area contributed by atoms with E-state index in [1.807, 2.05) is 23.1 Å². The minimum atomic E-state index is -0.335. The van der Waals surface area contributed by atoms with Gasteiger partial charge >= 0.3 is 0 Å². The number of ether oxygens (including phenoxy) is 3. The van der Waals surface area contributed by atoms with Crippen LogP contribution in [-0.2, 0) is 20.7 Å². The van der Waals surface area contributed by atoms with Crippen molar-refractivity contribution in [3.63, 3.8) is 0 Å². The van der Waals surface area contributed by atoms with Crippen molar-refractivity contribution in [3.05, 3.63) is 23.8 Å². The van der Waals surface area contributed by atoms with E-state index in [1.165, 1.54) is 0 Å². The third-order valence-electron chi connectivity index (χ3n) is 5.14. The summed E-state index contributed by atoms with van der Waals surface area (Å²) >= 11 is 0. The van der Waals surface area contributed by atoms with E-state index < -0.39 is 0 Å². The molecule has 3 heterocycles. The molecule has 4 rings (SSSR count). The van der Waals surface area contributed by atoms with Crippen molar-refractivity contribution in [2.75, 3.05) is 46.1 Å². The van der Waals surface area contributed by atoms with Gasteiger partial charge in [-0.1, -0.05) is 6.07 Å². The summed E-state index contributed by atoms with van der Waals surface area (Å²) in [6.07, 6.45) is 1.88. The van der Waals surface area contributed by atoms with Crippen molar-refractivity contribution >= 4 is 11.8 Å². The number of carbonyl (C=O) groups is 2. The Kier molecular flexibility index (Phi) is 4.97. The fraction of sp³-hybridized carbons (Fsp3) is 0.579. The molecule has 26 heavy (non-hydrogen) atoms. The van der Waals surface area contributed by atoms with Gasteiger partial charge in [-0.05, 0) is 30.5 Å². The van der Waals surface area contributed by atoms with Gasteiger partial charge in [0.15, 0.2) is 11.5 Å². The Morgan fingerprint density at radius 2 is 1.77 bits per heavy atom. The lowest BCUT2D eigenvalue weighted by atomic mass is 10.1. The highest BCUT2D eigenvalue weighted by atomic mass is 16.6. The summed E-state index contributed by atoms with van der Waals surface area (Å²) in [5.41, 5.74) is 0.878. The Bertz CT molecular complexity index is 687. The van der Waals surface area contributed by atoms with E-state index >= 15 is 0 Å². The Balaban J connectivity index is 1.42. The number of likely N-dealkylation sites (tertiary alicyclic amines) is 1. The number of rotatable bonds is 3. The third-order valence-corrected chi connectivity index (χ3v) is 5.14. The van der Waals surface area contributed by atoms with Gasteiger partial charge in [0, 0.05) is 19.6 Å². The van der Waals surface area contributed by atoms with E-state index in [9.17, 15) is 9.59 Å². The first kappa shape index (κ1) is 17.1. The molecule has 0 aliphatic carbocycles. The number of hydrogen-bond acceptors (Lipinski definition) is 5. The second kappa shape index (κ2) is 7.53. The minimum absolute atomic E-state index is 0.00853. The van der Waals surface area contributed by atoms with Gasteiger partial charge in [0.25, 0.3) is 0 Å². The Labute approximate surface area is 152 Å². The molecule has 1 atom stereocenters. The zero-order chi connectivity index (χ0) is 17.9. The molecule has 0 spiro atoms. The molecule has 2 saturated heterocycles. The lowest BCUT2D eigenvalue weighted by Crippen LogP contribution is -2.51. The van der Waals surface area contributed by atoms with Crippen LogP contribution in [0.3, 0.4) is 0 Å². The van der Waals surface area contributed by atoms with Gasteiger partial charge in [0.05, 0.1) is 19.6 Å². The van der Waals surface area contributed by atoms with Crippen molar-refractivity contribution in [2.45, 2.75) is 25.3 Å². The fourth-order valence-electron chi connectivity index (χ4n) is 3.79. The van der Waals surface area contributed by atoms with Gasteiger partial charge in [-0.2, -0.15) is 0 Å². The largest absolute Gasteiger partial charge is 0.486 e. The fourth-order valence-corrected chi connectivity index (χ4v) is 3.79. The van der Waals surface area contributed by atoms with Crippen LogP contribution in [0.25, 0.3) is 0 Å². The number of carbonyl (C=O) groups excluding carboxylic acids is 2. The van der Waals surface area contributed by atoms with Gasteiger partial charge in [0.2, 0.25) is 11.8 Å². The molecule has 1 aromatic rings. The van der Waals surface area contributed by atoms with Crippen LogP contribution in [0.5, 0.6) is 11.5 Å². The molecule has 1 aromatic carbocycles. The summed E-state index contributed by atoms with van der Waals surface area (Å²) < 4.78 is 16.4. The highest BCUT2D eigenvalue weighted by Gasteiger charge is 2.36. The molecule has 0 radical (unpaired) electrons. The summed E-state index contributed by atoms with van der Waals surface area (Å²) in [5.74, 6) is 1.45. The molecule has 3 aliphatic rings. The quantitative estimate of drug-likeness (QED) is 0.799. The number of fused-ring (bicyclic) bond motifs is 1. The molecule has 0 saturated carbocycles. The molecule has 7 heteroatoms. The zero-order valence-electron chi connectivity index (χ0n) is 14.8. The second-order valence-corrected chi connectivity index (χ2v) is 6.84. The van der Waals surface area contributed by atoms with Crippen LogP contribution in [0.1, 0.15) is 18.4 Å². The zero-order valence-corrected chi connectivity index (χ0v) is 14.8. The van der Waals surface area contributed by atoms with E-state index in [1.54, 1.807) is 4.90 Å². The monoisotopic (exact) mass is 360 g/mol. The number of benzene rings is 1. The lowest BCUT2D eigenvalue weighted by Gasteiger charge is -2.32. The summed E-state index contributed by atoms with van der Waals surface area (Å²) in [6.45, 7) is 4.08. The Morgan fingerprint density at radius 3 is 2.58 bits per heavy atom. The van der Waals surface area contributed by atoms with Crippen LogP contribution < -0.4 is 9.47 Å². The third kappa shape index (κ3) is 3.49. The highest BCUT2D eigenvalue weighted by Crippen LogP contribution is 2.31. The van der Waals surface area contributed by atoms with E-state index in [2.05, 4.69) is 0 Å². The van der Waals surface area contributed by atoms with Crippen molar-refractivity contribution in [3.8, 4) is 11.5 Å². The molecule has 7 nitrogen and oxygen atoms in total. The van der Waals surface area contributed by atoms with Gasteiger partial charge in [-0.25, -0.2) is 0 Å². The summed E-state index contributed by atoms with van der Waals surface area (Å²) in [6, 6.07) is 5.26. The summed E-state index contributed by atoms with van der Waals surface area (Å²) in [7, 11) is 0. The van der Waals surface area contributed by atoms with Crippen LogP contribution >= 0.6 is 0 Å². The topological polar surface area (TPSA) is 68.3 Å². The van der Waals surface area contributed by atoms with E-state index in [-0.39, 0.29) is 24.3 Å². The van der Waals surface area contributed by atoms with Crippen LogP contribution in [0.2, 0.25) is 0 Å². The molecule has 2 fully saturated rings. The van der Waals surface area contributed by atoms with E-state index in [0.29, 0.717) is 57.6 Å². The van der Waals surface area contributed by atoms with Gasteiger partial charge < -0.3 is 24.0 Å². The highest BCUT2D eigenvalue weighted by molar-refractivity contribution is 5.89. The van der Waals surface area contributed by atoms with Crippen LogP contribution in [0.15, 0.2) is 18.2 Å². The van der Waals surface area contributed by atoms with Gasteiger partial charge in [-0.3, -0.25) is 9.59 Å². The lowest BCUT2D eigenvalue weighted by molar-refractivity contribution is -0.146. The molecule has 1 unspecified atom stereocenters. The predicted octanol–water partition coefficient (Wildman–Crippen LogP) is 0.850. The van der Waals surface area contributed by atoms with E-state index in [4.69, 9.17) is 14.2 Å². The molecular weight excluding hydrogens is 336 g/mol. The predicted molar refractivity (Wildman–Crippen MR) is 93.3 cm³/mol. The second-order valence-electron chi connectivity index (χ2n) is 6.84. The maximum absolute atomic E-state index is 12.8. The van der Waals surface area contributed by atoms with Gasteiger partial charge in [0.1, 0.15) is 19.3 Å². The molecule has 0 aromatic heterocycles. The number of hydrogen-bond donors (Lipinski definition) is 0. The molecule has 2 amide bonds. The molecule has 0 bridgehead atoms. The number of nitrogens with zero attached hydrogens (tertiary/aromatic N) is 2. The van der Waals surface area contributed by atoms with Crippen molar-refractivity contribution in [1.82, 2.24) is 9.80 Å². The van der Waals surface area contributed by atoms with Crippen molar-refractivity contribution in [1.29, 1.82) is 0 Å². The SMILES string of the molecule is O=C(C1CCCN1C(=O)Cc1ccc2c(c1)OCCO2)N1CCOCC1. The van der Waals surface area contributed by atoms with Crippen LogP contribution in [0.4, 0.5) is 0 Å². The normalized spacial score (nSPS) is 22.4. The Hall–Kier alpha value is -2.28. The molecule has 0 N–H and O–H groups in total. The standard InChI is InChI=1S/C19H24N2O5/c22-18(13-14-3-4-16-17(12-14)26-11-10-25-16)21-5-1-2-15(21)19(23)20-6-8-24-9-7-20/h3-4,12,15H,1-2,5-11,13H2. The maximum atomic E-state index is 12.8. The summed E-state index contributed by atoms with van der Waals surface area (Å²) in [4.78, 5) is 29.2. The molecular formula is C19H24N2O5. The number of morpholine rings is 1. The summed E-state index contributed by atoms with van der Waals surface area (Å²) in [5, 5.41) is 0. The minimum Gasteiger partial charge on any atom is -0.486 e. The number of amides is 2. The van der Waals surface area contributed by atoms with Crippen molar-refractivity contribution in [2.24, 2.45) is 0 Å². The first-order valence-corrected chi connectivity index (χ1v) is 9.27. The molecule has 3 aliphatic heterocycles. The Morgan fingerprint density at radius 1 is 1.00 bits per heavy atom. The maximum Gasteiger partial charge on any atom is 0.245 e. The van der Waals surface area contributed by atoms with Gasteiger partial charge in [-0.15, -0.1) is 0 Å². The van der Waals surface area contributed by atoms with Crippen LogP contribution in [-0.4, -0.2) is 73.7 Å². The first-order valence-electron chi connectivity index (χ1n) is 9.27. The smallest absolute Gasteiger partial charge is 0.245 e. The molecule has 140 valence electrons. The van der Waals surface area contributed by atoms with E-state index in [0.717, 1.165) is 18.4 Å². The first-order chi connectivity index (χ1) is 12.7. The average Bonchev–Trinajstić information content (AvgIpc) is 3.18. The average molecular weight is 360 g/mol. The van der Waals surface area contributed by atoms with Crippen LogP contribution in [0, 0.1) is 0 Å². The van der Waals surface area contributed by atoms with Crippen molar-refractivity contribution < 1.29 is 23.8 Å².